The fraction of sp³-hybridized carbons (Fsp3) is 0.588. The van der Waals surface area contributed by atoms with Gasteiger partial charge in [0.15, 0.2) is 0 Å². The highest BCUT2D eigenvalue weighted by Crippen LogP contribution is 2.23. The third-order valence-electron chi connectivity index (χ3n) is 4.73. The van der Waals surface area contributed by atoms with Crippen LogP contribution in [0, 0.1) is 0 Å². The lowest BCUT2D eigenvalue weighted by molar-refractivity contribution is -0.134. The van der Waals surface area contributed by atoms with E-state index < -0.39 is 0 Å². The molecule has 2 saturated heterocycles. The number of β-amino-alcohol motifs (C(OH)–C–C–N with tert-alkyl or cyclic N) is 1. The Balaban J connectivity index is 1.63. The van der Waals surface area contributed by atoms with Crippen molar-refractivity contribution in [3.63, 3.8) is 0 Å². The Labute approximate surface area is 152 Å². The van der Waals surface area contributed by atoms with Crippen molar-refractivity contribution in [1.29, 1.82) is 0 Å². The first kappa shape index (κ1) is 18.0. The van der Waals surface area contributed by atoms with Gasteiger partial charge in [-0.25, -0.2) is 0 Å². The van der Waals surface area contributed by atoms with Crippen LogP contribution in [0.5, 0.6) is 0 Å². The van der Waals surface area contributed by atoms with Crippen LogP contribution in [-0.2, 0) is 11.2 Å². The van der Waals surface area contributed by atoms with E-state index in [1.54, 1.807) is 12.1 Å². The number of rotatable bonds is 4. The van der Waals surface area contributed by atoms with E-state index in [-0.39, 0.29) is 18.1 Å². The minimum absolute atomic E-state index is 0.111. The molecule has 1 aromatic carbocycles. The Kier molecular flexibility index (Phi) is 6.00. The third kappa shape index (κ3) is 4.41. The van der Waals surface area contributed by atoms with Crippen LogP contribution in [0.1, 0.15) is 12.0 Å². The second-order valence-corrected chi connectivity index (χ2v) is 7.39. The number of nitrogens with zero attached hydrogens (tertiary/aromatic N) is 2. The zero-order valence-corrected chi connectivity index (χ0v) is 15.1. The summed E-state index contributed by atoms with van der Waals surface area (Å²) in [6.07, 6.45) is 0.912. The second-order valence-electron chi connectivity index (χ2n) is 6.57. The average molecular weight is 372 g/mol. The van der Waals surface area contributed by atoms with Crippen molar-refractivity contribution in [3.05, 3.63) is 33.8 Å². The fourth-order valence-electron chi connectivity index (χ4n) is 3.45. The first-order valence-electron chi connectivity index (χ1n) is 8.37. The number of aliphatic hydroxyl groups is 1. The molecule has 132 valence electrons. The zero-order valence-electron chi connectivity index (χ0n) is 13.5. The van der Waals surface area contributed by atoms with Crippen LogP contribution in [0.3, 0.4) is 0 Å². The van der Waals surface area contributed by atoms with Crippen LogP contribution in [-0.4, -0.2) is 72.2 Å². The summed E-state index contributed by atoms with van der Waals surface area (Å²) in [6, 6.07) is 5.47. The molecule has 0 radical (unpaired) electrons. The number of hydrogen-bond acceptors (Lipinski definition) is 4. The molecule has 0 bridgehead atoms. The normalized spacial score (nSPS) is 25.2. The van der Waals surface area contributed by atoms with Crippen molar-refractivity contribution in [3.8, 4) is 0 Å². The van der Waals surface area contributed by atoms with Gasteiger partial charge in [-0.15, -0.1) is 0 Å². The largest absolute Gasteiger partial charge is 0.392 e. The zero-order chi connectivity index (χ0) is 17.1. The van der Waals surface area contributed by atoms with Crippen LogP contribution in [0.15, 0.2) is 18.2 Å². The Bertz CT molecular complexity index is 599. The number of carbonyl (C=O) groups is 1. The van der Waals surface area contributed by atoms with Gasteiger partial charge in [-0.2, -0.15) is 0 Å². The maximum absolute atomic E-state index is 12.8. The molecule has 5 nitrogen and oxygen atoms in total. The van der Waals surface area contributed by atoms with Gasteiger partial charge in [0.1, 0.15) is 0 Å². The molecule has 0 aliphatic carbocycles. The number of aliphatic hydroxyl groups excluding tert-OH is 1. The predicted octanol–water partition coefficient (Wildman–Crippen LogP) is 1.40. The molecule has 0 saturated carbocycles. The van der Waals surface area contributed by atoms with Crippen molar-refractivity contribution < 1.29 is 9.90 Å². The van der Waals surface area contributed by atoms with Crippen LogP contribution >= 0.6 is 23.2 Å². The van der Waals surface area contributed by atoms with Crippen molar-refractivity contribution in [2.24, 2.45) is 0 Å². The summed E-state index contributed by atoms with van der Waals surface area (Å²) in [5, 5.41) is 14.0. The highest BCUT2D eigenvalue weighted by molar-refractivity contribution is 6.42. The molecule has 2 aliphatic rings. The van der Waals surface area contributed by atoms with Gasteiger partial charge in [0.25, 0.3) is 0 Å². The lowest BCUT2D eigenvalue weighted by Gasteiger charge is -2.38. The molecule has 2 unspecified atom stereocenters. The van der Waals surface area contributed by atoms with Crippen LogP contribution in [0.2, 0.25) is 10.0 Å². The fourth-order valence-corrected chi connectivity index (χ4v) is 3.77. The molecule has 7 heteroatoms. The number of benzene rings is 1. The second kappa shape index (κ2) is 8.02. The maximum atomic E-state index is 12.8. The van der Waals surface area contributed by atoms with Crippen LogP contribution < -0.4 is 5.32 Å². The number of piperazine rings is 1. The Morgan fingerprint density at radius 3 is 2.83 bits per heavy atom. The van der Waals surface area contributed by atoms with Crippen molar-refractivity contribution >= 4 is 29.1 Å². The minimum Gasteiger partial charge on any atom is -0.392 e. The molecule has 3 rings (SSSR count). The van der Waals surface area contributed by atoms with E-state index in [9.17, 15) is 9.90 Å². The first-order chi connectivity index (χ1) is 11.5. The third-order valence-corrected chi connectivity index (χ3v) is 5.47. The van der Waals surface area contributed by atoms with Gasteiger partial charge in [0, 0.05) is 39.3 Å². The molecule has 2 atom stereocenters. The van der Waals surface area contributed by atoms with Gasteiger partial charge in [0.05, 0.1) is 28.6 Å². The first-order valence-corrected chi connectivity index (χ1v) is 9.13. The highest BCUT2D eigenvalue weighted by Gasteiger charge is 2.30. The van der Waals surface area contributed by atoms with Gasteiger partial charge in [0.2, 0.25) is 5.91 Å². The number of hydrogen-bond donors (Lipinski definition) is 2. The van der Waals surface area contributed by atoms with Gasteiger partial charge < -0.3 is 15.3 Å². The van der Waals surface area contributed by atoms with Crippen molar-refractivity contribution in [2.75, 3.05) is 39.3 Å². The van der Waals surface area contributed by atoms with Gasteiger partial charge in [-0.3, -0.25) is 9.69 Å². The Morgan fingerprint density at radius 1 is 1.29 bits per heavy atom. The summed E-state index contributed by atoms with van der Waals surface area (Å²) < 4.78 is 0. The average Bonchev–Trinajstić information content (AvgIpc) is 2.96. The lowest BCUT2D eigenvalue weighted by atomic mass is 10.1. The Morgan fingerprint density at radius 2 is 2.12 bits per heavy atom. The van der Waals surface area contributed by atoms with Crippen molar-refractivity contribution in [2.45, 2.75) is 25.0 Å². The molecule has 2 heterocycles. The molecule has 24 heavy (non-hydrogen) atoms. The van der Waals surface area contributed by atoms with Gasteiger partial charge >= 0.3 is 0 Å². The molecule has 2 fully saturated rings. The SMILES string of the molecule is O=C(Cc1ccc(Cl)c(Cl)c1)N1CCNCC1CN1CCC(O)C1. The predicted molar refractivity (Wildman–Crippen MR) is 95.6 cm³/mol. The maximum Gasteiger partial charge on any atom is 0.227 e. The summed E-state index contributed by atoms with van der Waals surface area (Å²) in [7, 11) is 0. The Hall–Kier alpha value is -0.850. The van der Waals surface area contributed by atoms with Crippen LogP contribution in [0.25, 0.3) is 0 Å². The molecular weight excluding hydrogens is 349 g/mol. The van der Waals surface area contributed by atoms with E-state index in [1.165, 1.54) is 0 Å². The minimum atomic E-state index is -0.234. The summed E-state index contributed by atoms with van der Waals surface area (Å²) >= 11 is 12.0. The molecular formula is C17H23Cl2N3O2. The topological polar surface area (TPSA) is 55.8 Å². The molecule has 0 spiro atoms. The smallest absolute Gasteiger partial charge is 0.227 e. The van der Waals surface area contributed by atoms with Gasteiger partial charge in [-0.1, -0.05) is 29.3 Å². The highest BCUT2D eigenvalue weighted by atomic mass is 35.5. The number of amides is 1. The number of halogens is 2. The molecule has 1 aromatic rings. The molecule has 0 aromatic heterocycles. The summed E-state index contributed by atoms with van der Waals surface area (Å²) in [6.45, 7) is 4.71. The van der Waals surface area contributed by atoms with Crippen molar-refractivity contribution in [1.82, 2.24) is 15.1 Å². The number of carbonyl (C=O) groups excluding carboxylic acids is 1. The van der Waals surface area contributed by atoms with E-state index in [0.717, 1.165) is 38.2 Å². The summed E-state index contributed by atoms with van der Waals surface area (Å²) in [4.78, 5) is 17.0. The monoisotopic (exact) mass is 371 g/mol. The summed E-state index contributed by atoms with van der Waals surface area (Å²) in [5.41, 5.74) is 0.878. The van der Waals surface area contributed by atoms with E-state index in [1.807, 2.05) is 11.0 Å². The number of likely N-dealkylation sites (tertiary alicyclic amines) is 1. The lowest BCUT2D eigenvalue weighted by Crippen LogP contribution is -2.57. The molecule has 2 aliphatic heterocycles. The standard InChI is InChI=1S/C17H23Cl2N3O2/c18-15-2-1-12(7-16(15)19)8-17(24)22-6-4-20-9-13(22)10-21-5-3-14(23)11-21/h1-2,7,13-14,20,23H,3-6,8-11H2. The van der Waals surface area contributed by atoms with Gasteiger partial charge in [-0.05, 0) is 24.1 Å². The summed E-state index contributed by atoms with van der Waals surface area (Å²) in [5.74, 6) is 0.111. The molecule has 2 N–H and O–H groups in total. The van der Waals surface area contributed by atoms with E-state index in [4.69, 9.17) is 23.2 Å². The quantitative estimate of drug-likeness (QED) is 0.839. The molecule has 1 amide bonds. The van der Waals surface area contributed by atoms with E-state index >= 15 is 0 Å². The van der Waals surface area contributed by atoms with E-state index in [2.05, 4.69) is 10.2 Å². The van der Waals surface area contributed by atoms with E-state index in [0.29, 0.717) is 29.6 Å². The number of nitrogens with one attached hydrogen (secondary N) is 1. The van der Waals surface area contributed by atoms with Crippen LogP contribution in [0.4, 0.5) is 0 Å².